The molecule has 0 aliphatic rings. The van der Waals surface area contributed by atoms with E-state index < -0.39 is 0 Å². The number of carbonyl (C=O) groups excluding carboxylic acids is 1. The molecule has 0 radical (unpaired) electrons. The van der Waals surface area contributed by atoms with Crippen molar-refractivity contribution in [1.82, 2.24) is 5.16 Å². The summed E-state index contributed by atoms with van der Waals surface area (Å²) in [6, 6.07) is 5.07. The van der Waals surface area contributed by atoms with Crippen molar-refractivity contribution in [1.29, 1.82) is 0 Å². The first kappa shape index (κ1) is 17.5. The molecule has 0 aliphatic heterocycles. The van der Waals surface area contributed by atoms with Crippen LogP contribution in [0.1, 0.15) is 11.5 Å². The summed E-state index contributed by atoms with van der Waals surface area (Å²) < 4.78 is 15.5. The average Bonchev–Trinajstić information content (AvgIpc) is 2.94. The Kier molecular flexibility index (Phi) is 6.18. The van der Waals surface area contributed by atoms with Crippen LogP contribution < -0.4 is 14.8 Å². The third-order valence-corrected chi connectivity index (χ3v) is 4.15. The SMILES string of the molecule is COc1cc(NC(=O)CSCc2cc(C)no2)c(OC)cc1Cl. The van der Waals surface area contributed by atoms with Gasteiger partial charge in [0.2, 0.25) is 5.91 Å². The van der Waals surface area contributed by atoms with Crippen molar-refractivity contribution >= 4 is 35.0 Å². The van der Waals surface area contributed by atoms with E-state index in [2.05, 4.69) is 10.5 Å². The van der Waals surface area contributed by atoms with Gasteiger partial charge in [-0.1, -0.05) is 16.8 Å². The van der Waals surface area contributed by atoms with E-state index >= 15 is 0 Å². The third-order valence-electron chi connectivity index (χ3n) is 2.90. The standard InChI is InChI=1S/C15H17ClN2O4S/c1-9-4-10(22-18-9)7-23-8-15(19)17-12-6-13(20-2)11(16)5-14(12)21-3/h4-6H,7-8H2,1-3H3,(H,17,19). The Balaban J connectivity index is 1.94. The highest BCUT2D eigenvalue weighted by atomic mass is 35.5. The van der Waals surface area contributed by atoms with Gasteiger partial charge in [0.1, 0.15) is 17.3 Å². The van der Waals surface area contributed by atoms with Gasteiger partial charge < -0.3 is 19.3 Å². The van der Waals surface area contributed by atoms with E-state index in [0.29, 0.717) is 28.0 Å². The van der Waals surface area contributed by atoms with E-state index in [9.17, 15) is 4.79 Å². The van der Waals surface area contributed by atoms with Gasteiger partial charge in [-0.15, -0.1) is 11.8 Å². The highest BCUT2D eigenvalue weighted by Gasteiger charge is 2.13. The number of nitrogens with zero attached hydrogens (tertiary/aromatic N) is 1. The van der Waals surface area contributed by atoms with E-state index in [1.54, 1.807) is 12.1 Å². The lowest BCUT2D eigenvalue weighted by atomic mass is 10.2. The van der Waals surface area contributed by atoms with Gasteiger partial charge >= 0.3 is 0 Å². The van der Waals surface area contributed by atoms with Crippen LogP contribution in [0.5, 0.6) is 11.5 Å². The molecule has 6 nitrogen and oxygen atoms in total. The topological polar surface area (TPSA) is 73.6 Å². The molecule has 0 saturated heterocycles. The monoisotopic (exact) mass is 356 g/mol. The van der Waals surface area contributed by atoms with Gasteiger partial charge in [0, 0.05) is 18.2 Å². The number of rotatable bonds is 7. The number of ether oxygens (including phenoxy) is 2. The summed E-state index contributed by atoms with van der Waals surface area (Å²) in [6.45, 7) is 1.85. The summed E-state index contributed by atoms with van der Waals surface area (Å²) in [5.41, 5.74) is 1.33. The molecule has 0 unspecified atom stereocenters. The van der Waals surface area contributed by atoms with Gasteiger partial charge in [-0.2, -0.15) is 0 Å². The number of halogens is 1. The van der Waals surface area contributed by atoms with E-state index in [1.807, 2.05) is 13.0 Å². The van der Waals surface area contributed by atoms with Crippen LogP contribution in [0.15, 0.2) is 22.7 Å². The predicted octanol–water partition coefficient (Wildman–Crippen LogP) is 3.53. The smallest absolute Gasteiger partial charge is 0.234 e. The minimum Gasteiger partial charge on any atom is -0.495 e. The van der Waals surface area contributed by atoms with Crippen LogP contribution in [-0.2, 0) is 10.5 Å². The number of thioether (sulfide) groups is 1. The van der Waals surface area contributed by atoms with Crippen LogP contribution in [0.25, 0.3) is 0 Å². The second-order valence-corrected chi connectivity index (χ2v) is 6.06. The molecule has 0 fully saturated rings. The third kappa shape index (κ3) is 4.80. The zero-order valence-electron chi connectivity index (χ0n) is 13.0. The van der Waals surface area contributed by atoms with Gasteiger partial charge in [-0.25, -0.2) is 0 Å². The summed E-state index contributed by atoms with van der Waals surface area (Å²) in [5.74, 6) is 2.37. The Morgan fingerprint density at radius 1 is 1.30 bits per heavy atom. The first-order valence-electron chi connectivity index (χ1n) is 6.74. The summed E-state index contributed by atoms with van der Waals surface area (Å²) in [5, 5.41) is 7.00. The molecule has 1 amide bonds. The Morgan fingerprint density at radius 2 is 2.04 bits per heavy atom. The molecule has 1 aromatic carbocycles. The second kappa shape index (κ2) is 8.12. The zero-order valence-corrected chi connectivity index (χ0v) is 14.6. The second-order valence-electron chi connectivity index (χ2n) is 4.66. The van der Waals surface area contributed by atoms with E-state index in [0.717, 1.165) is 11.5 Å². The molecular weight excluding hydrogens is 340 g/mol. The van der Waals surface area contributed by atoms with Crippen molar-refractivity contribution < 1.29 is 18.8 Å². The zero-order chi connectivity index (χ0) is 16.8. The van der Waals surface area contributed by atoms with Gasteiger partial charge in [0.05, 0.1) is 42.1 Å². The number of aromatic nitrogens is 1. The molecule has 0 saturated carbocycles. The van der Waals surface area contributed by atoms with Crippen molar-refractivity contribution in [3.05, 3.63) is 34.7 Å². The number of hydrogen-bond acceptors (Lipinski definition) is 6. The van der Waals surface area contributed by atoms with Crippen LogP contribution in [0.4, 0.5) is 5.69 Å². The quantitative estimate of drug-likeness (QED) is 0.818. The lowest BCUT2D eigenvalue weighted by Crippen LogP contribution is -2.15. The van der Waals surface area contributed by atoms with Crippen LogP contribution in [0.2, 0.25) is 5.02 Å². The minimum absolute atomic E-state index is 0.158. The molecule has 1 N–H and O–H groups in total. The number of methoxy groups -OCH3 is 2. The van der Waals surface area contributed by atoms with Crippen LogP contribution in [0, 0.1) is 6.92 Å². The molecule has 2 rings (SSSR count). The molecule has 1 aromatic heterocycles. The first-order valence-corrected chi connectivity index (χ1v) is 8.28. The highest BCUT2D eigenvalue weighted by molar-refractivity contribution is 7.99. The average molecular weight is 357 g/mol. The van der Waals surface area contributed by atoms with Crippen LogP contribution in [0.3, 0.4) is 0 Å². The van der Waals surface area contributed by atoms with E-state index in [4.69, 9.17) is 25.6 Å². The lowest BCUT2D eigenvalue weighted by molar-refractivity contribution is -0.113. The molecule has 8 heteroatoms. The van der Waals surface area contributed by atoms with Crippen LogP contribution in [-0.4, -0.2) is 31.0 Å². The van der Waals surface area contributed by atoms with Crippen molar-refractivity contribution in [2.45, 2.75) is 12.7 Å². The molecule has 2 aromatic rings. The minimum atomic E-state index is -0.158. The fourth-order valence-corrected chi connectivity index (χ4v) is 2.80. The number of anilines is 1. The highest BCUT2D eigenvalue weighted by Crippen LogP contribution is 2.35. The van der Waals surface area contributed by atoms with Crippen molar-refractivity contribution in [2.75, 3.05) is 25.3 Å². The number of hydrogen-bond donors (Lipinski definition) is 1. The number of nitrogens with one attached hydrogen (secondary N) is 1. The molecule has 23 heavy (non-hydrogen) atoms. The molecule has 1 heterocycles. The fraction of sp³-hybridized carbons (Fsp3) is 0.333. The Labute approximate surface area is 143 Å². The predicted molar refractivity (Wildman–Crippen MR) is 90.6 cm³/mol. The summed E-state index contributed by atoms with van der Waals surface area (Å²) in [7, 11) is 3.02. The Morgan fingerprint density at radius 3 is 2.65 bits per heavy atom. The van der Waals surface area contributed by atoms with Gasteiger partial charge in [-0.3, -0.25) is 4.79 Å². The van der Waals surface area contributed by atoms with Gasteiger partial charge in [0.25, 0.3) is 0 Å². The normalized spacial score (nSPS) is 10.4. The summed E-state index contributed by atoms with van der Waals surface area (Å²) >= 11 is 7.46. The maximum atomic E-state index is 12.1. The van der Waals surface area contributed by atoms with Crippen molar-refractivity contribution in [3.63, 3.8) is 0 Å². The van der Waals surface area contributed by atoms with Crippen LogP contribution >= 0.6 is 23.4 Å². The molecule has 0 spiro atoms. The number of amides is 1. The van der Waals surface area contributed by atoms with E-state index in [1.165, 1.54) is 26.0 Å². The Bertz CT molecular complexity index is 690. The molecule has 124 valence electrons. The number of aryl methyl sites for hydroxylation is 1. The molecule has 0 aliphatic carbocycles. The maximum absolute atomic E-state index is 12.1. The van der Waals surface area contributed by atoms with Crippen molar-refractivity contribution in [3.8, 4) is 11.5 Å². The molecule has 0 bridgehead atoms. The van der Waals surface area contributed by atoms with E-state index in [-0.39, 0.29) is 11.7 Å². The lowest BCUT2D eigenvalue weighted by Gasteiger charge is -2.13. The molecule has 0 atom stereocenters. The fourth-order valence-electron chi connectivity index (χ4n) is 1.87. The largest absolute Gasteiger partial charge is 0.495 e. The number of benzene rings is 1. The summed E-state index contributed by atoms with van der Waals surface area (Å²) in [4.78, 5) is 12.1. The maximum Gasteiger partial charge on any atom is 0.234 e. The first-order chi connectivity index (χ1) is 11.0. The Hall–Kier alpha value is -1.86. The number of carbonyl (C=O) groups is 1. The van der Waals surface area contributed by atoms with Gasteiger partial charge in [0.15, 0.2) is 0 Å². The van der Waals surface area contributed by atoms with Gasteiger partial charge in [-0.05, 0) is 6.92 Å². The van der Waals surface area contributed by atoms with Crippen molar-refractivity contribution in [2.24, 2.45) is 0 Å². The molecular formula is C15H17ClN2O4S. The summed E-state index contributed by atoms with van der Waals surface area (Å²) in [6.07, 6.45) is 0.